The van der Waals surface area contributed by atoms with Gasteiger partial charge in [-0.15, -0.1) is 0 Å². The van der Waals surface area contributed by atoms with Crippen molar-refractivity contribution >= 4 is 17.2 Å². The fraction of sp³-hybridized carbons (Fsp3) is 0.133. The van der Waals surface area contributed by atoms with E-state index in [1.54, 1.807) is 19.4 Å². The van der Waals surface area contributed by atoms with Crippen LogP contribution < -0.4 is 0 Å². The molecule has 3 rings (SSSR count). The molecule has 3 nitrogen and oxygen atoms in total. The minimum atomic E-state index is -0.270. The molecule has 0 unspecified atom stereocenters. The lowest BCUT2D eigenvalue weighted by molar-refractivity contribution is 0.182. The molecule has 2 heterocycles. The van der Waals surface area contributed by atoms with Crippen LogP contribution in [0.1, 0.15) is 5.56 Å². The van der Waals surface area contributed by atoms with E-state index in [9.17, 15) is 4.39 Å². The van der Waals surface area contributed by atoms with Gasteiger partial charge in [0.2, 0.25) is 0 Å². The zero-order valence-electron chi connectivity index (χ0n) is 10.8. The molecule has 0 fully saturated rings. The average Bonchev–Trinajstić information content (AvgIpc) is 2.80. The molecule has 20 heavy (non-hydrogen) atoms. The predicted octanol–water partition coefficient (Wildman–Crippen LogP) is 3.94. The van der Waals surface area contributed by atoms with Crippen molar-refractivity contribution in [2.75, 3.05) is 7.11 Å². The second kappa shape index (κ2) is 5.23. The lowest BCUT2D eigenvalue weighted by Gasteiger charge is -2.10. The lowest BCUT2D eigenvalue weighted by atomic mass is 10.0. The zero-order chi connectivity index (χ0) is 14.1. The molecule has 0 spiro atoms. The molecule has 0 saturated carbocycles. The van der Waals surface area contributed by atoms with Gasteiger partial charge in [0, 0.05) is 25.1 Å². The average molecular weight is 291 g/mol. The van der Waals surface area contributed by atoms with Gasteiger partial charge in [0.05, 0.1) is 6.61 Å². The van der Waals surface area contributed by atoms with Crippen LogP contribution in [-0.2, 0) is 11.3 Å². The van der Waals surface area contributed by atoms with Gasteiger partial charge in [-0.05, 0) is 29.3 Å². The largest absolute Gasteiger partial charge is 0.380 e. The highest BCUT2D eigenvalue weighted by Crippen LogP contribution is 2.27. The number of hydrogen-bond acceptors (Lipinski definition) is 2. The quantitative estimate of drug-likeness (QED) is 0.730. The van der Waals surface area contributed by atoms with Crippen molar-refractivity contribution in [3.8, 4) is 11.1 Å². The maximum atomic E-state index is 13.9. The molecule has 0 saturated heterocycles. The first-order valence-electron chi connectivity index (χ1n) is 6.10. The molecule has 0 aliphatic carbocycles. The normalized spacial score (nSPS) is 11.2. The Labute approximate surface area is 120 Å². The Balaban J connectivity index is 2.17. The minimum absolute atomic E-state index is 0.227. The number of nitrogens with zero attached hydrogens (tertiary/aromatic N) is 2. The van der Waals surface area contributed by atoms with E-state index in [2.05, 4.69) is 4.98 Å². The van der Waals surface area contributed by atoms with Crippen molar-refractivity contribution in [1.29, 1.82) is 0 Å². The second-order valence-electron chi connectivity index (χ2n) is 4.45. The first-order chi connectivity index (χ1) is 9.69. The van der Waals surface area contributed by atoms with Crippen LogP contribution in [0.4, 0.5) is 4.39 Å². The molecule has 2 aromatic heterocycles. The van der Waals surface area contributed by atoms with Gasteiger partial charge in [0.25, 0.3) is 0 Å². The van der Waals surface area contributed by atoms with Gasteiger partial charge in [-0.3, -0.25) is 0 Å². The summed E-state index contributed by atoms with van der Waals surface area (Å²) in [4.78, 5) is 4.15. The number of ether oxygens (including phenoxy) is 1. The molecule has 102 valence electrons. The summed E-state index contributed by atoms with van der Waals surface area (Å²) < 4.78 is 20.8. The molecule has 1 aromatic carbocycles. The Morgan fingerprint density at radius 3 is 2.90 bits per heavy atom. The molecular formula is C15H12ClFN2O. The van der Waals surface area contributed by atoms with Crippen LogP contribution in [-0.4, -0.2) is 16.5 Å². The molecule has 5 heteroatoms. The molecule has 0 radical (unpaired) electrons. The van der Waals surface area contributed by atoms with E-state index in [4.69, 9.17) is 16.3 Å². The number of imidazole rings is 1. The highest BCUT2D eigenvalue weighted by Gasteiger charge is 2.11. The van der Waals surface area contributed by atoms with Crippen LogP contribution in [0.2, 0.25) is 5.15 Å². The Kier molecular flexibility index (Phi) is 3.42. The topological polar surface area (TPSA) is 26.5 Å². The highest BCUT2D eigenvalue weighted by atomic mass is 35.5. The number of pyridine rings is 1. The van der Waals surface area contributed by atoms with Crippen molar-refractivity contribution in [2.24, 2.45) is 0 Å². The number of aromatic nitrogens is 2. The first kappa shape index (κ1) is 13.1. The molecule has 0 N–H and O–H groups in total. The zero-order valence-corrected chi connectivity index (χ0v) is 11.6. The van der Waals surface area contributed by atoms with Gasteiger partial charge in [-0.2, -0.15) is 0 Å². The first-order valence-corrected chi connectivity index (χ1v) is 6.48. The number of hydrogen-bond donors (Lipinski definition) is 0. The Hall–Kier alpha value is -1.91. The standard InChI is InChI=1S/C15H12ClFN2O/c1-20-9-12-11(3-2-4-13(12)17)10-5-6-15-18-14(16)8-19(15)7-10/h2-8H,9H2,1H3. The summed E-state index contributed by atoms with van der Waals surface area (Å²) >= 11 is 5.88. The van der Waals surface area contributed by atoms with Crippen LogP contribution in [0.25, 0.3) is 16.8 Å². The van der Waals surface area contributed by atoms with Crippen LogP contribution >= 0.6 is 11.6 Å². The molecule has 0 aliphatic heterocycles. The monoisotopic (exact) mass is 290 g/mol. The van der Waals surface area contributed by atoms with Crippen LogP contribution in [0.15, 0.2) is 42.7 Å². The van der Waals surface area contributed by atoms with Crippen molar-refractivity contribution < 1.29 is 9.13 Å². The summed E-state index contributed by atoms with van der Waals surface area (Å²) in [6, 6.07) is 8.74. The van der Waals surface area contributed by atoms with E-state index in [1.807, 2.05) is 28.8 Å². The Morgan fingerprint density at radius 2 is 2.10 bits per heavy atom. The van der Waals surface area contributed by atoms with E-state index in [0.29, 0.717) is 10.7 Å². The van der Waals surface area contributed by atoms with Crippen LogP contribution in [0.3, 0.4) is 0 Å². The maximum absolute atomic E-state index is 13.9. The third-order valence-corrected chi connectivity index (χ3v) is 3.32. The number of rotatable bonds is 3. The summed E-state index contributed by atoms with van der Waals surface area (Å²) in [5.74, 6) is -0.270. The van der Waals surface area contributed by atoms with Gasteiger partial charge in [0.1, 0.15) is 16.6 Å². The van der Waals surface area contributed by atoms with E-state index in [-0.39, 0.29) is 12.4 Å². The lowest BCUT2D eigenvalue weighted by Crippen LogP contribution is -1.97. The van der Waals surface area contributed by atoms with E-state index in [0.717, 1.165) is 16.8 Å². The van der Waals surface area contributed by atoms with Crippen molar-refractivity contribution in [3.05, 3.63) is 59.3 Å². The number of fused-ring (bicyclic) bond motifs is 1. The summed E-state index contributed by atoms with van der Waals surface area (Å²) in [5.41, 5.74) is 2.99. The molecule has 0 atom stereocenters. The summed E-state index contributed by atoms with van der Waals surface area (Å²) in [7, 11) is 1.55. The third-order valence-electron chi connectivity index (χ3n) is 3.14. The highest BCUT2D eigenvalue weighted by molar-refractivity contribution is 6.29. The third kappa shape index (κ3) is 2.28. The maximum Gasteiger partial charge on any atom is 0.148 e. The second-order valence-corrected chi connectivity index (χ2v) is 4.83. The van der Waals surface area contributed by atoms with Gasteiger partial charge in [-0.25, -0.2) is 9.37 Å². The molecule has 0 aliphatic rings. The summed E-state index contributed by atoms with van der Waals surface area (Å²) in [5, 5.41) is 0.429. The summed E-state index contributed by atoms with van der Waals surface area (Å²) in [6.07, 6.45) is 3.60. The van der Waals surface area contributed by atoms with Gasteiger partial charge in [0.15, 0.2) is 0 Å². The van der Waals surface area contributed by atoms with Gasteiger partial charge in [-0.1, -0.05) is 23.7 Å². The number of halogens is 2. The van der Waals surface area contributed by atoms with Crippen molar-refractivity contribution in [1.82, 2.24) is 9.38 Å². The van der Waals surface area contributed by atoms with Gasteiger partial charge < -0.3 is 9.14 Å². The molecule has 0 bridgehead atoms. The Morgan fingerprint density at radius 1 is 1.25 bits per heavy atom. The van der Waals surface area contributed by atoms with Crippen LogP contribution in [0.5, 0.6) is 0 Å². The fourth-order valence-electron chi connectivity index (χ4n) is 2.24. The van der Waals surface area contributed by atoms with E-state index in [1.165, 1.54) is 6.07 Å². The number of methoxy groups -OCH3 is 1. The van der Waals surface area contributed by atoms with Crippen molar-refractivity contribution in [3.63, 3.8) is 0 Å². The fourth-order valence-corrected chi connectivity index (χ4v) is 2.43. The predicted molar refractivity (Wildman–Crippen MR) is 76.3 cm³/mol. The smallest absolute Gasteiger partial charge is 0.148 e. The summed E-state index contributed by atoms with van der Waals surface area (Å²) in [6.45, 7) is 0.227. The molecular weight excluding hydrogens is 279 g/mol. The van der Waals surface area contributed by atoms with E-state index >= 15 is 0 Å². The van der Waals surface area contributed by atoms with Crippen LogP contribution in [0, 0.1) is 5.82 Å². The Bertz CT molecular complexity index is 770. The van der Waals surface area contributed by atoms with E-state index < -0.39 is 0 Å². The molecule has 0 amide bonds. The number of benzene rings is 1. The SMILES string of the molecule is COCc1c(F)cccc1-c1ccc2nc(Cl)cn2c1. The van der Waals surface area contributed by atoms with Gasteiger partial charge >= 0.3 is 0 Å². The van der Waals surface area contributed by atoms with Crippen molar-refractivity contribution in [2.45, 2.75) is 6.61 Å². The minimum Gasteiger partial charge on any atom is -0.380 e. The molecule has 3 aromatic rings.